The van der Waals surface area contributed by atoms with Gasteiger partial charge in [0.25, 0.3) is 0 Å². The van der Waals surface area contributed by atoms with Crippen molar-refractivity contribution < 1.29 is 14.0 Å². The van der Waals surface area contributed by atoms with Gasteiger partial charge in [0.05, 0.1) is 0 Å². The van der Waals surface area contributed by atoms with Crippen LogP contribution in [0.1, 0.15) is 25.8 Å². The van der Waals surface area contributed by atoms with Crippen LogP contribution in [-0.4, -0.2) is 36.3 Å². The Labute approximate surface area is 124 Å². The van der Waals surface area contributed by atoms with Crippen molar-refractivity contribution in [2.24, 2.45) is 5.92 Å². The number of nitrogens with zero attached hydrogens (tertiary/aromatic N) is 2. The Kier molecular flexibility index (Phi) is 4.60. The third-order valence-electron chi connectivity index (χ3n) is 3.75. The van der Waals surface area contributed by atoms with Gasteiger partial charge in [0.15, 0.2) is 0 Å². The van der Waals surface area contributed by atoms with Crippen LogP contribution < -0.4 is 4.90 Å². The van der Waals surface area contributed by atoms with Gasteiger partial charge in [0.1, 0.15) is 5.82 Å². The standard InChI is InChI=1S/C16H21FN2O2/c1-11(2)6-7-18-8-9-19(16(21)15(18)20)13-5-4-12(3)14(17)10-13/h4-5,10-11H,6-9H2,1-3H3. The van der Waals surface area contributed by atoms with Crippen molar-refractivity contribution in [3.05, 3.63) is 29.6 Å². The van der Waals surface area contributed by atoms with E-state index in [1.807, 2.05) is 0 Å². The Morgan fingerprint density at radius 3 is 2.52 bits per heavy atom. The third-order valence-corrected chi connectivity index (χ3v) is 3.75. The van der Waals surface area contributed by atoms with Crippen molar-refractivity contribution in [2.75, 3.05) is 24.5 Å². The lowest BCUT2D eigenvalue weighted by molar-refractivity contribution is -0.146. The van der Waals surface area contributed by atoms with Gasteiger partial charge in [-0.25, -0.2) is 4.39 Å². The van der Waals surface area contributed by atoms with Crippen LogP contribution in [0, 0.1) is 18.7 Å². The lowest BCUT2D eigenvalue weighted by Gasteiger charge is -2.34. The zero-order valence-corrected chi connectivity index (χ0v) is 12.7. The summed E-state index contributed by atoms with van der Waals surface area (Å²) in [5.74, 6) is -0.955. The highest BCUT2D eigenvalue weighted by Crippen LogP contribution is 2.21. The van der Waals surface area contributed by atoms with Crippen LogP contribution in [0.3, 0.4) is 0 Å². The van der Waals surface area contributed by atoms with Crippen molar-refractivity contribution in [3.8, 4) is 0 Å². The van der Waals surface area contributed by atoms with Gasteiger partial charge in [-0.3, -0.25) is 9.59 Å². The van der Waals surface area contributed by atoms with Crippen molar-refractivity contribution >= 4 is 17.5 Å². The molecular weight excluding hydrogens is 271 g/mol. The molecule has 1 aromatic carbocycles. The number of carbonyl (C=O) groups is 2. The molecular formula is C16H21FN2O2. The van der Waals surface area contributed by atoms with Crippen molar-refractivity contribution in [3.63, 3.8) is 0 Å². The summed E-state index contributed by atoms with van der Waals surface area (Å²) in [5.41, 5.74) is 0.966. The van der Waals surface area contributed by atoms with E-state index in [0.29, 0.717) is 36.8 Å². The fourth-order valence-electron chi connectivity index (χ4n) is 2.30. The first-order valence-electron chi connectivity index (χ1n) is 7.27. The Hall–Kier alpha value is -1.91. The molecule has 1 heterocycles. The first kappa shape index (κ1) is 15.5. The Balaban J connectivity index is 2.10. The number of halogens is 1. The maximum absolute atomic E-state index is 13.6. The summed E-state index contributed by atoms with van der Waals surface area (Å²) < 4.78 is 13.6. The van der Waals surface area contributed by atoms with Gasteiger partial charge < -0.3 is 9.80 Å². The Bertz CT molecular complexity index is 557. The molecule has 4 nitrogen and oxygen atoms in total. The average Bonchev–Trinajstić information content (AvgIpc) is 2.43. The minimum atomic E-state index is -0.576. The van der Waals surface area contributed by atoms with Gasteiger partial charge in [-0.1, -0.05) is 19.9 Å². The molecule has 1 fully saturated rings. The molecule has 21 heavy (non-hydrogen) atoms. The van der Waals surface area contributed by atoms with Crippen LogP contribution >= 0.6 is 0 Å². The number of hydrogen-bond acceptors (Lipinski definition) is 2. The lowest BCUT2D eigenvalue weighted by atomic mass is 10.1. The Morgan fingerprint density at radius 1 is 1.19 bits per heavy atom. The second kappa shape index (κ2) is 6.24. The SMILES string of the molecule is Cc1ccc(N2CCN(CCC(C)C)C(=O)C2=O)cc1F. The van der Waals surface area contributed by atoms with Gasteiger partial charge in [-0.05, 0) is 37.0 Å². The topological polar surface area (TPSA) is 40.6 Å². The number of aryl methyl sites for hydroxylation is 1. The molecule has 114 valence electrons. The molecule has 1 aromatic rings. The summed E-state index contributed by atoms with van der Waals surface area (Å²) in [6, 6.07) is 4.60. The van der Waals surface area contributed by atoms with E-state index in [-0.39, 0.29) is 5.82 Å². The molecule has 1 saturated heterocycles. The monoisotopic (exact) mass is 292 g/mol. The number of hydrogen-bond donors (Lipinski definition) is 0. The van der Waals surface area contributed by atoms with Gasteiger partial charge in [-0.2, -0.15) is 0 Å². The smallest absolute Gasteiger partial charge is 0.316 e. The first-order chi connectivity index (χ1) is 9.90. The minimum absolute atomic E-state index is 0.366. The van der Waals surface area contributed by atoms with Gasteiger partial charge in [0.2, 0.25) is 0 Å². The van der Waals surface area contributed by atoms with E-state index in [1.54, 1.807) is 24.0 Å². The van der Waals surface area contributed by atoms with Crippen LogP contribution in [0.25, 0.3) is 0 Å². The molecule has 0 N–H and O–H groups in total. The fourth-order valence-corrected chi connectivity index (χ4v) is 2.30. The van der Waals surface area contributed by atoms with Crippen molar-refractivity contribution in [1.82, 2.24) is 4.90 Å². The number of rotatable bonds is 4. The van der Waals surface area contributed by atoms with E-state index in [4.69, 9.17) is 0 Å². The summed E-state index contributed by atoms with van der Waals surface area (Å²) >= 11 is 0. The van der Waals surface area contributed by atoms with Gasteiger partial charge in [-0.15, -0.1) is 0 Å². The van der Waals surface area contributed by atoms with Crippen LogP contribution in [0.2, 0.25) is 0 Å². The third kappa shape index (κ3) is 3.40. The average molecular weight is 292 g/mol. The van der Waals surface area contributed by atoms with Gasteiger partial charge in [0, 0.05) is 25.3 Å². The summed E-state index contributed by atoms with van der Waals surface area (Å²) in [4.78, 5) is 27.2. The largest absolute Gasteiger partial charge is 0.333 e. The van der Waals surface area contributed by atoms with E-state index < -0.39 is 11.8 Å². The maximum Gasteiger partial charge on any atom is 0.316 e. The van der Waals surface area contributed by atoms with Crippen LogP contribution in [0.4, 0.5) is 10.1 Å². The fraction of sp³-hybridized carbons (Fsp3) is 0.500. The molecule has 0 unspecified atom stereocenters. The number of carbonyl (C=O) groups excluding carboxylic acids is 2. The minimum Gasteiger partial charge on any atom is -0.333 e. The highest BCUT2D eigenvalue weighted by atomic mass is 19.1. The number of anilines is 1. The van der Waals surface area contributed by atoms with E-state index in [9.17, 15) is 14.0 Å². The molecule has 1 aliphatic heterocycles. The zero-order valence-electron chi connectivity index (χ0n) is 12.7. The van der Waals surface area contributed by atoms with E-state index in [0.717, 1.165) is 6.42 Å². The molecule has 0 aliphatic carbocycles. The van der Waals surface area contributed by atoms with E-state index in [2.05, 4.69) is 13.8 Å². The molecule has 0 bridgehead atoms. The Morgan fingerprint density at radius 2 is 1.90 bits per heavy atom. The van der Waals surface area contributed by atoms with Crippen LogP contribution in [-0.2, 0) is 9.59 Å². The molecule has 0 aromatic heterocycles. The summed E-state index contributed by atoms with van der Waals surface area (Å²) in [6.45, 7) is 7.32. The normalized spacial score (nSPS) is 16.0. The predicted molar refractivity (Wildman–Crippen MR) is 79.5 cm³/mol. The maximum atomic E-state index is 13.6. The molecule has 0 spiro atoms. The predicted octanol–water partition coefficient (Wildman–Crippen LogP) is 2.36. The second-order valence-electron chi connectivity index (χ2n) is 5.87. The van der Waals surface area contributed by atoms with Crippen LogP contribution in [0.5, 0.6) is 0 Å². The first-order valence-corrected chi connectivity index (χ1v) is 7.27. The van der Waals surface area contributed by atoms with Gasteiger partial charge >= 0.3 is 11.8 Å². The molecule has 1 aliphatic rings. The summed E-state index contributed by atoms with van der Waals surface area (Å²) in [5, 5.41) is 0. The lowest BCUT2D eigenvalue weighted by Crippen LogP contribution is -2.54. The van der Waals surface area contributed by atoms with E-state index in [1.165, 1.54) is 11.0 Å². The second-order valence-corrected chi connectivity index (χ2v) is 5.87. The van der Waals surface area contributed by atoms with Crippen molar-refractivity contribution in [1.29, 1.82) is 0 Å². The quantitative estimate of drug-likeness (QED) is 0.799. The number of benzene rings is 1. The molecule has 0 radical (unpaired) electrons. The highest BCUT2D eigenvalue weighted by molar-refractivity contribution is 6.40. The summed E-state index contributed by atoms with van der Waals surface area (Å²) in [7, 11) is 0. The number of piperazine rings is 1. The molecule has 0 saturated carbocycles. The van der Waals surface area contributed by atoms with Crippen LogP contribution in [0.15, 0.2) is 18.2 Å². The summed E-state index contributed by atoms with van der Waals surface area (Å²) in [6.07, 6.45) is 0.873. The molecule has 0 atom stereocenters. The molecule has 5 heteroatoms. The highest BCUT2D eigenvalue weighted by Gasteiger charge is 2.33. The molecule has 2 amide bonds. The zero-order chi connectivity index (χ0) is 15.6. The number of amides is 2. The van der Waals surface area contributed by atoms with Crippen molar-refractivity contribution in [2.45, 2.75) is 27.2 Å². The molecule has 2 rings (SSSR count). The van der Waals surface area contributed by atoms with E-state index >= 15 is 0 Å².